The molecule has 5 heteroatoms. The largest absolute Gasteiger partial charge is 0.368 e. The number of carbonyl (C=O) groups excluding carboxylic acids is 1. The highest BCUT2D eigenvalue weighted by atomic mass is 16.1. The zero-order chi connectivity index (χ0) is 14.3. The smallest absolute Gasteiger partial charge is 0.237 e. The van der Waals surface area contributed by atoms with Crippen molar-refractivity contribution in [3.63, 3.8) is 0 Å². The fourth-order valence-corrected chi connectivity index (χ4v) is 2.58. The summed E-state index contributed by atoms with van der Waals surface area (Å²) in [5.74, 6) is -0.261. The normalized spacial score (nSPS) is 21.2. The van der Waals surface area contributed by atoms with E-state index in [-0.39, 0.29) is 5.91 Å². The minimum atomic E-state index is -0.565. The van der Waals surface area contributed by atoms with Gasteiger partial charge in [0.05, 0.1) is 5.54 Å². The van der Waals surface area contributed by atoms with Crippen LogP contribution in [0, 0.1) is 0 Å². The molecule has 0 spiro atoms. The van der Waals surface area contributed by atoms with Crippen molar-refractivity contribution in [2.24, 2.45) is 5.73 Å². The van der Waals surface area contributed by atoms with Crippen molar-refractivity contribution < 1.29 is 4.79 Å². The summed E-state index contributed by atoms with van der Waals surface area (Å²) in [6, 6.07) is 0. The Kier molecular flexibility index (Phi) is 6.75. The maximum Gasteiger partial charge on any atom is 0.237 e. The summed E-state index contributed by atoms with van der Waals surface area (Å²) in [6.07, 6.45) is 3.04. The Hall–Kier alpha value is -0.650. The molecule has 0 aromatic heterocycles. The molecule has 0 aromatic rings. The van der Waals surface area contributed by atoms with Gasteiger partial charge in [0.2, 0.25) is 5.91 Å². The quantitative estimate of drug-likeness (QED) is 0.664. The van der Waals surface area contributed by atoms with Crippen LogP contribution in [0.4, 0.5) is 0 Å². The second-order valence-electron chi connectivity index (χ2n) is 5.73. The molecular weight excluding hydrogens is 240 g/mol. The summed E-state index contributed by atoms with van der Waals surface area (Å²) in [4.78, 5) is 16.4. The molecule has 1 unspecified atom stereocenters. The first-order valence-electron chi connectivity index (χ1n) is 7.45. The summed E-state index contributed by atoms with van der Waals surface area (Å²) in [5.41, 5.74) is 4.87. The van der Waals surface area contributed by atoms with E-state index in [9.17, 15) is 4.79 Å². The second-order valence-corrected chi connectivity index (χ2v) is 5.73. The molecule has 0 bridgehead atoms. The molecule has 3 N–H and O–H groups in total. The highest BCUT2D eigenvalue weighted by molar-refractivity contribution is 5.84. The monoisotopic (exact) mass is 270 g/mol. The van der Waals surface area contributed by atoms with E-state index in [0.717, 1.165) is 32.5 Å². The van der Waals surface area contributed by atoms with Crippen molar-refractivity contribution in [2.45, 2.75) is 38.6 Å². The van der Waals surface area contributed by atoms with Crippen LogP contribution in [0.1, 0.15) is 33.1 Å². The van der Waals surface area contributed by atoms with Crippen molar-refractivity contribution in [3.8, 4) is 0 Å². The first-order valence-corrected chi connectivity index (χ1v) is 7.45. The lowest BCUT2D eigenvalue weighted by Crippen LogP contribution is -2.52. The molecule has 0 saturated carbocycles. The van der Waals surface area contributed by atoms with Gasteiger partial charge in [0.25, 0.3) is 0 Å². The Morgan fingerprint density at radius 3 is 2.16 bits per heavy atom. The van der Waals surface area contributed by atoms with E-state index in [1.54, 1.807) is 7.05 Å². The van der Waals surface area contributed by atoms with Crippen molar-refractivity contribution >= 4 is 5.91 Å². The molecule has 0 radical (unpaired) electrons. The lowest BCUT2D eigenvalue weighted by atomic mass is 9.95. The first-order chi connectivity index (χ1) is 9.01. The summed E-state index contributed by atoms with van der Waals surface area (Å²) in [7, 11) is 1.80. The van der Waals surface area contributed by atoms with Gasteiger partial charge in [-0.3, -0.25) is 4.79 Å². The molecule has 19 heavy (non-hydrogen) atoms. The maximum absolute atomic E-state index is 11.4. The summed E-state index contributed by atoms with van der Waals surface area (Å²) < 4.78 is 0. The molecule has 1 aliphatic heterocycles. The zero-order valence-electron chi connectivity index (χ0n) is 12.7. The zero-order valence-corrected chi connectivity index (χ0v) is 12.7. The van der Waals surface area contributed by atoms with E-state index >= 15 is 0 Å². The van der Waals surface area contributed by atoms with Gasteiger partial charge in [-0.1, -0.05) is 6.92 Å². The van der Waals surface area contributed by atoms with Crippen LogP contribution < -0.4 is 11.1 Å². The molecular formula is C14H30N4O. The number of hydrogen-bond donors (Lipinski definition) is 2. The Bertz CT molecular complexity index is 277. The van der Waals surface area contributed by atoms with Crippen molar-refractivity contribution in [3.05, 3.63) is 0 Å². The topological polar surface area (TPSA) is 61.6 Å². The molecule has 5 nitrogen and oxygen atoms in total. The van der Waals surface area contributed by atoms with Gasteiger partial charge in [0.1, 0.15) is 0 Å². The van der Waals surface area contributed by atoms with Gasteiger partial charge < -0.3 is 20.9 Å². The SMILES string of the molecule is CCCN1CCN(CCCC(C)(NC)C(N)=O)CC1. The fraction of sp³-hybridized carbons (Fsp3) is 0.929. The predicted molar refractivity (Wildman–Crippen MR) is 79.1 cm³/mol. The summed E-state index contributed by atoms with van der Waals surface area (Å²) >= 11 is 0. The van der Waals surface area contributed by atoms with Crippen LogP contribution in [0.15, 0.2) is 0 Å². The second kappa shape index (κ2) is 7.82. The molecule has 1 aliphatic rings. The fourth-order valence-electron chi connectivity index (χ4n) is 2.58. The van der Waals surface area contributed by atoms with Crippen molar-refractivity contribution in [2.75, 3.05) is 46.3 Å². The number of hydrogen-bond acceptors (Lipinski definition) is 4. The minimum absolute atomic E-state index is 0.261. The summed E-state index contributed by atoms with van der Waals surface area (Å²) in [5, 5.41) is 3.04. The molecule has 1 rings (SSSR count). The number of amides is 1. The van der Waals surface area contributed by atoms with Gasteiger partial charge in [-0.25, -0.2) is 0 Å². The molecule has 1 atom stereocenters. The van der Waals surface area contributed by atoms with E-state index in [1.807, 2.05) is 6.92 Å². The lowest BCUT2D eigenvalue weighted by molar-refractivity contribution is -0.123. The van der Waals surface area contributed by atoms with Crippen LogP contribution in [-0.4, -0.2) is 67.6 Å². The van der Waals surface area contributed by atoms with Crippen LogP contribution in [0.3, 0.4) is 0 Å². The van der Waals surface area contributed by atoms with Crippen LogP contribution in [0.2, 0.25) is 0 Å². The van der Waals surface area contributed by atoms with Crippen LogP contribution in [0.5, 0.6) is 0 Å². The number of carbonyl (C=O) groups is 1. The number of nitrogens with zero attached hydrogens (tertiary/aromatic N) is 2. The van der Waals surface area contributed by atoms with Crippen LogP contribution >= 0.6 is 0 Å². The molecule has 0 aromatic carbocycles. The van der Waals surface area contributed by atoms with Crippen LogP contribution in [0.25, 0.3) is 0 Å². The average Bonchev–Trinajstić information content (AvgIpc) is 2.40. The maximum atomic E-state index is 11.4. The molecule has 1 heterocycles. The Morgan fingerprint density at radius 1 is 1.21 bits per heavy atom. The van der Waals surface area contributed by atoms with Gasteiger partial charge in [-0.15, -0.1) is 0 Å². The van der Waals surface area contributed by atoms with Gasteiger partial charge in [-0.2, -0.15) is 0 Å². The van der Waals surface area contributed by atoms with Gasteiger partial charge in [-0.05, 0) is 46.3 Å². The van der Waals surface area contributed by atoms with Crippen molar-refractivity contribution in [1.82, 2.24) is 15.1 Å². The molecule has 0 aliphatic carbocycles. The van der Waals surface area contributed by atoms with E-state index in [2.05, 4.69) is 22.0 Å². The van der Waals surface area contributed by atoms with E-state index in [1.165, 1.54) is 26.1 Å². The number of piperazine rings is 1. The van der Waals surface area contributed by atoms with Gasteiger partial charge in [0.15, 0.2) is 0 Å². The standard InChI is InChI=1S/C14H30N4O/c1-4-7-17-9-11-18(12-10-17)8-5-6-14(2,16-3)13(15)19/h16H,4-12H2,1-3H3,(H2,15,19). The Labute approximate surface area is 117 Å². The molecule has 1 fully saturated rings. The van der Waals surface area contributed by atoms with Crippen LogP contribution in [-0.2, 0) is 4.79 Å². The van der Waals surface area contributed by atoms with Gasteiger partial charge >= 0.3 is 0 Å². The molecule has 1 amide bonds. The highest BCUT2D eigenvalue weighted by Crippen LogP contribution is 2.12. The first kappa shape index (κ1) is 16.4. The number of likely N-dealkylation sites (N-methyl/N-ethyl adjacent to an activating group) is 1. The Morgan fingerprint density at radius 2 is 1.74 bits per heavy atom. The number of primary amides is 1. The van der Waals surface area contributed by atoms with E-state index in [4.69, 9.17) is 5.73 Å². The van der Waals surface area contributed by atoms with E-state index < -0.39 is 5.54 Å². The number of rotatable bonds is 8. The van der Waals surface area contributed by atoms with Gasteiger partial charge in [0, 0.05) is 26.2 Å². The third-order valence-electron chi connectivity index (χ3n) is 4.25. The lowest BCUT2D eigenvalue weighted by Gasteiger charge is -2.35. The molecule has 1 saturated heterocycles. The Balaban J connectivity index is 2.22. The third-order valence-corrected chi connectivity index (χ3v) is 4.25. The van der Waals surface area contributed by atoms with E-state index in [0.29, 0.717) is 0 Å². The third kappa shape index (κ3) is 5.09. The average molecular weight is 270 g/mol. The highest BCUT2D eigenvalue weighted by Gasteiger charge is 2.28. The number of nitrogens with two attached hydrogens (primary N) is 1. The predicted octanol–water partition coefficient (Wildman–Crippen LogP) is 0.258. The molecule has 112 valence electrons. The number of nitrogens with one attached hydrogen (secondary N) is 1. The minimum Gasteiger partial charge on any atom is -0.368 e. The van der Waals surface area contributed by atoms with Crippen molar-refractivity contribution in [1.29, 1.82) is 0 Å². The summed E-state index contributed by atoms with van der Waals surface area (Å²) in [6.45, 7) is 11.0.